The minimum Gasteiger partial charge on any atom is -0.324 e. The maximum absolute atomic E-state index is 13.5. The lowest BCUT2D eigenvalue weighted by Gasteiger charge is -2.20. The second kappa shape index (κ2) is 4.47. The molecule has 0 aromatic heterocycles. The summed E-state index contributed by atoms with van der Waals surface area (Å²) < 4.78 is 26.5. The van der Waals surface area contributed by atoms with Crippen molar-refractivity contribution in [1.82, 2.24) is 4.90 Å². The molecule has 1 aromatic carbocycles. The van der Waals surface area contributed by atoms with Crippen molar-refractivity contribution in [3.8, 4) is 0 Å². The minimum absolute atomic E-state index is 0.210. The van der Waals surface area contributed by atoms with Gasteiger partial charge < -0.3 is 10.6 Å². The summed E-state index contributed by atoms with van der Waals surface area (Å²) in [6, 6.07) is 3.05. The van der Waals surface area contributed by atoms with Gasteiger partial charge in [-0.25, -0.2) is 8.78 Å². The molecule has 1 saturated heterocycles. The summed E-state index contributed by atoms with van der Waals surface area (Å²) in [6.45, 7) is 1.81. The molecule has 1 aliphatic heterocycles. The van der Waals surface area contributed by atoms with Crippen molar-refractivity contribution in [2.24, 2.45) is 11.7 Å². The van der Waals surface area contributed by atoms with E-state index in [2.05, 4.69) is 4.90 Å². The van der Waals surface area contributed by atoms with Crippen molar-refractivity contribution in [2.45, 2.75) is 12.5 Å². The van der Waals surface area contributed by atoms with Crippen LogP contribution in [0.4, 0.5) is 8.78 Å². The third-order valence-electron chi connectivity index (χ3n) is 3.25. The fraction of sp³-hybridized carbons (Fsp3) is 0.500. The molecule has 0 spiro atoms. The second-order valence-electron chi connectivity index (χ2n) is 4.50. The lowest BCUT2D eigenvalue weighted by molar-refractivity contribution is 0.368. The smallest absolute Gasteiger partial charge is 0.128 e. The molecule has 2 atom stereocenters. The molecule has 4 heteroatoms. The first-order chi connectivity index (χ1) is 7.58. The van der Waals surface area contributed by atoms with Crippen LogP contribution in [-0.2, 0) is 0 Å². The molecule has 1 aliphatic rings. The Balaban J connectivity index is 2.20. The van der Waals surface area contributed by atoms with Crippen LogP contribution in [0.25, 0.3) is 0 Å². The monoisotopic (exact) mass is 226 g/mol. The molecule has 1 heterocycles. The zero-order valence-corrected chi connectivity index (χ0v) is 9.29. The summed E-state index contributed by atoms with van der Waals surface area (Å²) >= 11 is 0. The lowest BCUT2D eigenvalue weighted by Crippen LogP contribution is -2.25. The van der Waals surface area contributed by atoms with E-state index in [9.17, 15) is 8.78 Å². The zero-order valence-electron chi connectivity index (χ0n) is 9.29. The second-order valence-corrected chi connectivity index (χ2v) is 4.50. The SMILES string of the molecule is CN1CCC(C(N)c2cc(F)ccc2F)C1. The van der Waals surface area contributed by atoms with Gasteiger partial charge in [-0.2, -0.15) is 0 Å². The van der Waals surface area contributed by atoms with Crippen molar-refractivity contribution in [1.29, 1.82) is 0 Å². The number of rotatable bonds is 2. The minimum atomic E-state index is -0.432. The van der Waals surface area contributed by atoms with Gasteiger partial charge in [-0.3, -0.25) is 0 Å². The van der Waals surface area contributed by atoms with Crippen LogP contribution in [0.3, 0.4) is 0 Å². The topological polar surface area (TPSA) is 29.3 Å². The first kappa shape index (κ1) is 11.5. The predicted octanol–water partition coefficient (Wildman–Crippen LogP) is 1.92. The Kier molecular flexibility index (Phi) is 3.21. The zero-order chi connectivity index (χ0) is 11.7. The fourth-order valence-electron chi connectivity index (χ4n) is 2.29. The molecule has 2 N–H and O–H groups in total. The van der Waals surface area contributed by atoms with E-state index in [1.807, 2.05) is 7.05 Å². The van der Waals surface area contributed by atoms with E-state index in [0.29, 0.717) is 5.56 Å². The molecular formula is C12H16F2N2. The van der Waals surface area contributed by atoms with E-state index in [-0.39, 0.29) is 5.92 Å². The fourth-order valence-corrected chi connectivity index (χ4v) is 2.29. The quantitative estimate of drug-likeness (QED) is 0.834. The van der Waals surface area contributed by atoms with Crippen LogP contribution >= 0.6 is 0 Å². The number of nitrogens with zero attached hydrogens (tertiary/aromatic N) is 1. The highest BCUT2D eigenvalue weighted by atomic mass is 19.1. The number of benzene rings is 1. The van der Waals surface area contributed by atoms with Crippen molar-refractivity contribution >= 4 is 0 Å². The highest BCUT2D eigenvalue weighted by molar-refractivity contribution is 5.23. The van der Waals surface area contributed by atoms with Gasteiger partial charge in [-0.05, 0) is 44.1 Å². The van der Waals surface area contributed by atoms with Gasteiger partial charge in [0, 0.05) is 18.2 Å². The first-order valence-electron chi connectivity index (χ1n) is 5.47. The van der Waals surface area contributed by atoms with Gasteiger partial charge in [0.25, 0.3) is 0 Å². The molecule has 2 unspecified atom stereocenters. The predicted molar refractivity (Wildman–Crippen MR) is 58.9 cm³/mol. The first-order valence-corrected chi connectivity index (χ1v) is 5.47. The van der Waals surface area contributed by atoms with Gasteiger partial charge in [-0.1, -0.05) is 0 Å². The number of hydrogen-bond donors (Lipinski definition) is 1. The molecule has 0 amide bonds. The van der Waals surface area contributed by atoms with Crippen molar-refractivity contribution < 1.29 is 8.78 Å². The molecule has 2 nitrogen and oxygen atoms in total. The van der Waals surface area contributed by atoms with Crippen molar-refractivity contribution in [3.05, 3.63) is 35.4 Å². The van der Waals surface area contributed by atoms with E-state index >= 15 is 0 Å². The average Bonchev–Trinajstić information content (AvgIpc) is 2.67. The van der Waals surface area contributed by atoms with Crippen LogP contribution in [-0.4, -0.2) is 25.0 Å². The summed E-state index contributed by atoms with van der Waals surface area (Å²) in [4.78, 5) is 2.15. The van der Waals surface area contributed by atoms with Gasteiger partial charge in [0.15, 0.2) is 0 Å². The molecule has 88 valence electrons. The third kappa shape index (κ3) is 2.23. The van der Waals surface area contributed by atoms with E-state index in [0.717, 1.165) is 31.6 Å². The molecular weight excluding hydrogens is 210 g/mol. The van der Waals surface area contributed by atoms with Crippen molar-refractivity contribution in [3.63, 3.8) is 0 Å². The molecule has 0 bridgehead atoms. The number of likely N-dealkylation sites (tertiary alicyclic amines) is 1. The standard InChI is InChI=1S/C12H16F2N2/c1-16-5-4-8(7-16)12(15)10-6-9(13)2-3-11(10)14/h2-3,6,8,12H,4-5,7,15H2,1H3. The van der Waals surface area contributed by atoms with E-state index in [1.165, 1.54) is 6.07 Å². The maximum Gasteiger partial charge on any atom is 0.128 e. The number of hydrogen-bond acceptors (Lipinski definition) is 2. The van der Waals surface area contributed by atoms with Gasteiger partial charge >= 0.3 is 0 Å². The van der Waals surface area contributed by atoms with E-state index < -0.39 is 17.7 Å². The Hall–Kier alpha value is -1.00. The molecule has 2 rings (SSSR count). The Morgan fingerprint density at radius 2 is 2.19 bits per heavy atom. The number of nitrogens with two attached hydrogens (primary N) is 1. The third-order valence-corrected chi connectivity index (χ3v) is 3.25. The normalized spacial score (nSPS) is 23.6. The van der Waals surface area contributed by atoms with Gasteiger partial charge in [0.1, 0.15) is 11.6 Å². The van der Waals surface area contributed by atoms with E-state index in [4.69, 9.17) is 5.73 Å². The average molecular weight is 226 g/mol. The molecule has 0 aliphatic carbocycles. The lowest BCUT2D eigenvalue weighted by atomic mass is 9.93. The summed E-state index contributed by atoms with van der Waals surface area (Å²) in [7, 11) is 2.01. The molecule has 1 aromatic rings. The van der Waals surface area contributed by atoms with Crippen LogP contribution in [0.1, 0.15) is 18.0 Å². The maximum atomic E-state index is 13.5. The summed E-state index contributed by atoms with van der Waals surface area (Å²) in [5.74, 6) is -0.636. The van der Waals surface area contributed by atoms with Gasteiger partial charge in [0.05, 0.1) is 0 Å². The largest absolute Gasteiger partial charge is 0.324 e. The van der Waals surface area contributed by atoms with Crippen LogP contribution in [0.5, 0.6) is 0 Å². The van der Waals surface area contributed by atoms with Crippen LogP contribution < -0.4 is 5.73 Å². The van der Waals surface area contributed by atoms with Crippen LogP contribution in [0, 0.1) is 17.6 Å². The van der Waals surface area contributed by atoms with Crippen molar-refractivity contribution in [2.75, 3.05) is 20.1 Å². The van der Waals surface area contributed by atoms with Gasteiger partial charge in [0.2, 0.25) is 0 Å². The molecule has 0 saturated carbocycles. The molecule has 16 heavy (non-hydrogen) atoms. The Morgan fingerprint density at radius 3 is 2.81 bits per heavy atom. The summed E-state index contributed by atoms with van der Waals surface area (Å²) in [6.07, 6.45) is 0.938. The molecule has 0 radical (unpaired) electrons. The number of halogens is 2. The highest BCUT2D eigenvalue weighted by Crippen LogP contribution is 2.29. The summed E-state index contributed by atoms with van der Waals surface area (Å²) in [5, 5.41) is 0. The van der Waals surface area contributed by atoms with Gasteiger partial charge in [-0.15, -0.1) is 0 Å². The Labute approximate surface area is 94.0 Å². The van der Waals surface area contributed by atoms with Crippen LogP contribution in [0.15, 0.2) is 18.2 Å². The molecule has 1 fully saturated rings. The highest BCUT2D eigenvalue weighted by Gasteiger charge is 2.28. The van der Waals surface area contributed by atoms with Crippen LogP contribution in [0.2, 0.25) is 0 Å². The Bertz CT molecular complexity index is 381. The Morgan fingerprint density at radius 1 is 1.44 bits per heavy atom. The summed E-state index contributed by atoms with van der Waals surface area (Å²) in [5.41, 5.74) is 6.29. The van der Waals surface area contributed by atoms with E-state index in [1.54, 1.807) is 0 Å².